The van der Waals surface area contributed by atoms with Crippen molar-refractivity contribution >= 4 is 166 Å². The third-order valence-corrected chi connectivity index (χ3v) is 8.13. The second-order valence-electron chi connectivity index (χ2n) is 9.66. The molecule has 19 N–H and O–H groups in total. The molecule has 0 bridgehead atoms. The minimum atomic E-state index is -0.690. The molecule has 0 radical (unpaired) electrons. The molecule has 0 unspecified atom stereocenters. The quantitative estimate of drug-likeness (QED) is 0.0338. The Kier molecular flexibility index (Phi) is 191. The predicted octanol–water partition coefficient (Wildman–Crippen LogP) is 16.8. The summed E-state index contributed by atoms with van der Waals surface area (Å²) in [6.07, 6.45) is 16.0. The van der Waals surface area contributed by atoms with Gasteiger partial charge in [0.05, 0.1) is 0 Å². The van der Waals surface area contributed by atoms with Crippen molar-refractivity contribution in [1.29, 1.82) is 0 Å². The molecular formula is C30H69Br5Cl6N6O11Pt3. The van der Waals surface area contributed by atoms with Gasteiger partial charge in [-0.25, -0.2) is 0 Å². The molecule has 0 fully saturated rings. The molecule has 0 heterocycles. The minimum Gasteiger partial charge on any atom is -0.693 e. The Morgan fingerprint density at radius 3 is 0.623 bits per heavy atom. The Morgan fingerprint density at radius 1 is 0.344 bits per heavy atom. The number of unbranched alkanes of at least 4 members (excludes halogenated alkanes) is 10. The molecule has 0 aliphatic carbocycles. The van der Waals surface area contributed by atoms with Gasteiger partial charge in [-0.15, -0.1) is 0 Å². The van der Waals surface area contributed by atoms with E-state index in [4.69, 9.17) is 76.6 Å². The van der Waals surface area contributed by atoms with Gasteiger partial charge in [-0.3, -0.25) is 24.0 Å². The first-order valence-electron chi connectivity index (χ1n) is 15.9. The summed E-state index contributed by atoms with van der Waals surface area (Å²) in [6, 6.07) is 0. The van der Waals surface area contributed by atoms with Crippen LogP contribution in [0.3, 0.4) is 0 Å². The van der Waals surface area contributed by atoms with E-state index in [1.54, 1.807) is 0 Å². The van der Waals surface area contributed by atoms with Gasteiger partial charge in [-0.1, -0.05) is 112 Å². The molecule has 0 aromatic rings. The molecule has 0 aromatic heterocycles. The van der Waals surface area contributed by atoms with E-state index in [1.807, 2.05) is 0 Å². The molecule has 0 spiro atoms. The number of ether oxygens (including phenoxy) is 1. The van der Waals surface area contributed by atoms with Crippen molar-refractivity contribution in [3.8, 4) is 0 Å². The smallest absolute Gasteiger partial charge is 0.693 e. The zero-order valence-corrected chi connectivity index (χ0v) is 52.8. The second-order valence-corrected chi connectivity index (χ2v) is 23.5. The molecule has 0 aliphatic heterocycles. The van der Waals surface area contributed by atoms with Gasteiger partial charge in [-0.2, -0.15) is 0 Å². The van der Waals surface area contributed by atoms with E-state index in [-0.39, 0.29) is 59.8 Å². The first-order chi connectivity index (χ1) is 25.3. The number of carbonyl (C=O) groups excluding carboxylic acids is 2. The molecule has 0 aliphatic rings. The van der Waals surface area contributed by atoms with Crippen molar-refractivity contribution in [3.63, 3.8) is 0 Å². The molecule has 0 saturated heterocycles. The van der Waals surface area contributed by atoms with Crippen molar-refractivity contribution < 1.29 is 104 Å². The van der Waals surface area contributed by atoms with Crippen LogP contribution in [0.2, 0.25) is 0 Å². The molecule has 0 aromatic carbocycles. The first-order valence-corrected chi connectivity index (χ1v) is 38.4. The fourth-order valence-electron chi connectivity index (χ4n) is 2.95. The Bertz CT molecular complexity index is 724. The first kappa shape index (κ1) is 106. The molecule has 61 heavy (non-hydrogen) atoms. The van der Waals surface area contributed by atoms with E-state index >= 15 is 0 Å². The Morgan fingerprint density at radius 2 is 0.492 bits per heavy atom. The number of hydrogen-bond acceptors (Lipinski definition) is 6. The van der Waals surface area contributed by atoms with Gasteiger partial charge in [0.2, 0.25) is 0 Å². The fraction of sp³-hybridized carbons (Fsp3) is 0.833. The third-order valence-electron chi connectivity index (χ3n) is 5.33. The number of esters is 2. The Balaban J connectivity index is -0.0000000329. The number of carbonyl (C=O) groups is 5. The van der Waals surface area contributed by atoms with Gasteiger partial charge in [0.25, 0.3) is 0 Å². The molecule has 17 nitrogen and oxygen atoms in total. The van der Waals surface area contributed by atoms with Crippen LogP contribution in [-0.4, -0.2) is 82.8 Å². The van der Waals surface area contributed by atoms with Crippen LogP contribution in [0.1, 0.15) is 128 Å². The Labute approximate surface area is 456 Å². The number of carboxylic acids is 3. The van der Waals surface area contributed by atoms with E-state index < -0.39 is 67.4 Å². The molecule has 0 atom stereocenters. The predicted molar refractivity (Wildman–Crippen MR) is 269 cm³/mol. The van der Waals surface area contributed by atoms with Gasteiger partial charge in [0, 0.05) is 58.8 Å². The van der Waals surface area contributed by atoms with Gasteiger partial charge < -0.3 is 67.9 Å². The average Bonchev–Trinajstić information content (AvgIpc) is 3.09. The monoisotopic (exact) mass is 1880 g/mol. The van der Waals surface area contributed by atoms with E-state index in [1.165, 1.54) is 0 Å². The van der Waals surface area contributed by atoms with Crippen LogP contribution in [-0.2, 0) is 78.2 Å². The van der Waals surface area contributed by atoms with Crippen molar-refractivity contribution in [2.75, 3.05) is 26.7 Å². The molecule has 31 heteroatoms. The van der Waals surface area contributed by atoms with E-state index in [0.717, 1.165) is 123 Å². The number of aliphatic carboxylic acids is 3. The van der Waals surface area contributed by atoms with E-state index in [0.29, 0.717) is 32.1 Å². The normalized spacial score (nSPS) is 8.11. The summed E-state index contributed by atoms with van der Waals surface area (Å²) in [7, 11) is 29.2. The molecular weight excluding hydrogens is 1820 g/mol. The van der Waals surface area contributed by atoms with Crippen molar-refractivity contribution in [1.82, 2.24) is 0 Å². The standard InChI is InChI=1S/C12H20Br2O3.3C6H11BrO2.6ClH.6H2N.2H2O.3Pt/c13-9-5-1-3-7-11(15)17-12(16)8-4-2-6-10-14;3*7-5-3-1-2-4-6(8)9;;;;;;;;;;;;;;;;;/h1-10H2;3*1-5H2,(H,8,9);6*1H;8*1H2;;;/q;;;;;;;;;;6*-1;;;3*+4/p-6. The topological polar surface area (TPSA) is 419 Å². The summed E-state index contributed by atoms with van der Waals surface area (Å²) in [5.74, 6) is -2.84. The van der Waals surface area contributed by atoms with Gasteiger partial charge in [0.15, 0.2) is 0 Å². The van der Waals surface area contributed by atoms with Gasteiger partial charge in [0.1, 0.15) is 0 Å². The zero-order valence-electron chi connectivity index (χ0n) is 33.5. The maximum atomic E-state index is 11.2. The van der Waals surface area contributed by atoms with E-state index in [9.17, 15) is 24.0 Å². The zero-order chi connectivity index (χ0) is 42.4. The molecule has 0 rings (SSSR count). The van der Waals surface area contributed by atoms with Crippen LogP contribution >= 0.6 is 136 Å². The van der Waals surface area contributed by atoms with Crippen LogP contribution < -0.4 is 0 Å². The summed E-state index contributed by atoms with van der Waals surface area (Å²) in [6.45, 7) is 0. The Hall–Kier alpha value is 3.43. The second kappa shape index (κ2) is 110. The van der Waals surface area contributed by atoms with Crippen LogP contribution in [0.4, 0.5) is 0 Å². The average molecular weight is 1890 g/mol. The maximum Gasteiger partial charge on any atom is -0.693 e. The summed E-state index contributed by atoms with van der Waals surface area (Å²) >= 11 is 15.0. The minimum absolute atomic E-state index is 0. The number of carboxylic acid groups (broad SMARTS) is 3. The summed E-state index contributed by atoms with van der Waals surface area (Å²) in [5, 5.41) is 29.4. The van der Waals surface area contributed by atoms with Gasteiger partial charge in [-0.05, 0) is 64.2 Å². The van der Waals surface area contributed by atoms with Crippen molar-refractivity contribution in [2.45, 2.75) is 128 Å². The van der Waals surface area contributed by atoms with Crippen molar-refractivity contribution in [2.24, 2.45) is 0 Å². The van der Waals surface area contributed by atoms with Crippen LogP contribution in [0.15, 0.2) is 0 Å². The summed E-state index contributed by atoms with van der Waals surface area (Å²) in [5.41, 5.74) is 0. The van der Waals surface area contributed by atoms with Crippen LogP contribution in [0, 0.1) is 0 Å². The number of nitrogens with two attached hydrogens (primary N) is 6. The van der Waals surface area contributed by atoms with E-state index in [2.05, 4.69) is 79.6 Å². The number of rotatable bonds is 25. The number of alkyl halides is 5. The van der Waals surface area contributed by atoms with Gasteiger partial charge >= 0.3 is 136 Å². The summed E-state index contributed by atoms with van der Waals surface area (Å²) in [4.78, 5) is 52.3. The number of halogens is 11. The molecule has 392 valence electrons. The fourth-order valence-corrected chi connectivity index (χ4v) is 4.94. The van der Waals surface area contributed by atoms with Crippen molar-refractivity contribution in [3.05, 3.63) is 36.9 Å². The SMILES string of the molecule is O.O.O=C(CCCCCBr)OC(=O)CCCCCBr.O=C(O)CCCCCBr.O=C(O)CCCCCBr.O=C(O)CCCCCBr.[Cl][Pt+2][Cl].[Cl][Pt+2][Cl].[Cl][Pt+2][Cl].[NH2-].[NH2-].[NH2-].[NH2-].[NH2-].[NH2-]. The maximum absolute atomic E-state index is 11.2. The largest absolute Gasteiger partial charge is 0.693 e. The summed E-state index contributed by atoms with van der Waals surface area (Å²) < 4.78 is 4.71. The van der Waals surface area contributed by atoms with Crippen LogP contribution in [0.5, 0.6) is 0 Å². The molecule has 0 saturated carbocycles. The van der Waals surface area contributed by atoms with Crippen LogP contribution in [0.25, 0.3) is 36.9 Å². The molecule has 0 amide bonds. The third kappa shape index (κ3) is 171. The number of hydrogen-bond donors (Lipinski definition) is 3.